The fourth-order valence-corrected chi connectivity index (χ4v) is 2.98. The zero-order chi connectivity index (χ0) is 16.9. The van der Waals surface area contributed by atoms with E-state index in [1.807, 2.05) is 32.0 Å². The molecule has 128 valence electrons. The van der Waals surface area contributed by atoms with E-state index in [9.17, 15) is 5.11 Å². The van der Waals surface area contributed by atoms with Crippen LogP contribution in [0.3, 0.4) is 0 Å². The van der Waals surface area contributed by atoms with Crippen molar-refractivity contribution in [2.45, 2.75) is 58.2 Å². The van der Waals surface area contributed by atoms with Gasteiger partial charge in [-0.3, -0.25) is 4.98 Å². The Labute approximate surface area is 142 Å². The minimum atomic E-state index is -0.307. The average molecular weight is 327 g/mol. The van der Waals surface area contributed by atoms with Gasteiger partial charge in [-0.25, -0.2) is 4.98 Å². The van der Waals surface area contributed by atoms with Gasteiger partial charge in [0.05, 0.1) is 24.4 Å². The van der Waals surface area contributed by atoms with Crippen molar-refractivity contribution in [3.8, 4) is 0 Å². The van der Waals surface area contributed by atoms with E-state index in [0.29, 0.717) is 12.5 Å². The molecule has 1 aliphatic carbocycles. The maximum absolute atomic E-state index is 10.2. The first kappa shape index (κ1) is 16.6. The van der Waals surface area contributed by atoms with Crippen LogP contribution in [0.4, 0.5) is 11.8 Å². The van der Waals surface area contributed by atoms with Gasteiger partial charge >= 0.3 is 0 Å². The van der Waals surface area contributed by atoms with E-state index in [-0.39, 0.29) is 12.1 Å². The molecule has 0 aliphatic heterocycles. The molecule has 2 aromatic heterocycles. The van der Waals surface area contributed by atoms with Crippen molar-refractivity contribution in [2.75, 3.05) is 10.6 Å². The number of anilines is 2. The van der Waals surface area contributed by atoms with E-state index in [0.717, 1.165) is 48.5 Å². The molecule has 3 N–H and O–H groups in total. The summed E-state index contributed by atoms with van der Waals surface area (Å²) < 4.78 is 0. The highest BCUT2D eigenvalue weighted by Gasteiger charge is 2.24. The van der Waals surface area contributed by atoms with E-state index < -0.39 is 0 Å². The maximum Gasteiger partial charge on any atom is 0.225 e. The van der Waals surface area contributed by atoms with Gasteiger partial charge < -0.3 is 15.7 Å². The molecule has 2 unspecified atom stereocenters. The Morgan fingerprint density at radius 2 is 2.00 bits per heavy atom. The topological polar surface area (TPSA) is 83.0 Å². The number of aliphatic hydroxyl groups is 1. The Bertz CT molecular complexity index is 677. The number of rotatable bonds is 5. The lowest BCUT2D eigenvalue weighted by molar-refractivity contribution is 0.116. The van der Waals surface area contributed by atoms with Gasteiger partial charge in [0.1, 0.15) is 5.82 Å². The van der Waals surface area contributed by atoms with Crippen LogP contribution in [-0.4, -0.2) is 32.2 Å². The summed E-state index contributed by atoms with van der Waals surface area (Å²) in [7, 11) is 0. The highest BCUT2D eigenvalue weighted by molar-refractivity contribution is 5.50. The van der Waals surface area contributed by atoms with Crippen molar-refractivity contribution in [1.29, 1.82) is 0 Å². The van der Waals surface area contributed by atoms with Gasteiger partial charge in [0.2, 0.25) is 5.95 Å². The van der Waals surface area contributed by atoms with Crippen LogP contribution in [0, 0.1) is 13.8 Å². The fraction of sp³-hybridized carbons (Fsp3) is 0.500. The van der Waals surface area contributed by atoms with Crippen molar-refractivity contribution in [3.05, 3.63) is 41.3 Å². The number of hydrogen-bond acceptors (Lipinski definition) is 6. The van der Waals surface area contributed by atoms with Crippen LogP contribution in [0.5, 0.6) is 0 Å². The first-order chi connectivity index (χ1) is 11.6. The van der Waals surface area contributed by atoms with Crippen LogP contribution >= 0.6 is 0 Å². The number of hydrogen-bond donors (Lipinski definition) is 3. The predicted molar refractivity (Wildman–Crippen MR) is 95.0 cm³/mol. The lowest BCUT2D eigenvalue weighted by Crippen LogP contribution is -2.37. The molecular weight excluding hydrogens is 302 g/mol. The number of aliphatic hydroxyl groups excluding tert-OH is 1. The van der Waals surface area contributed by atoms with E-state index in [1.54, 1.807) is 6.20 Å². The van der Waals surface area contributed by atoms with E-state index in [1.165, 1.54) is 0 Å². The molecule has 1 fully saturated rings. The molecule has 0 spiro atoms. The minimum absolute atomic E-state index is 0.0652. The third kappa shape index (κ3) is 4.00. The summed E-state index contributed by atoms with van der Waals surface area (Å²) in [5, 5.41) is 16.8. The first-order valence-electron chi connectivity index (χ1n) is 8.57. The molecule has 2 aromatic rings. The summed E-state index contributed by atoms with van der Waals surface area (Å²) >= 11 is 0. The molecule has 0 bridgehead atoms. The standard InChI is InChI=1S/C18H25N5O/c1-12-13(2)21-18(20-11-14-7-5-6-10-19-14)23-17(12)22-15-8-3-4-9-16(15)24/h5-7,10,15-16,24H,3-4,8-9,11H2,1-2H3,(H2,20,21,22,23). The van der Waals surface area contributed by atoms with Crippen molar-refractivity contribution < 1.29 is 5.11 Å². The lowest BCUT2D eigenvalue weighted by atomic mass is 9.92. The van der Waals surface area contributed by atoms with Crippen LogP contribution in [0.15, 0.2) is 24.4 Å². The molecule has 0 saturated heterocycles. The summed E-state index contributed by atoms with van der Waals surface area (Å²) in [6.45, 7) is 4.57. The zero-order valence-corrected chi connectivity index (χ0v) is 14.3. The fourth-order valence-electron chi connectivity index (χ4n) is 2.98. The SMILES string of the molecule is Cc1nc(NCc2ccccn2)nc(NC2CCCCC2O)c1C. The maximum atomic E-state index is 10.2. The summed E-state index contributed by atoms with van der Waals surface area (Å²) in [6.07, 6.45) is 5.53. The van der Waals surface area contributed by atoms with Gasteiger partial charge in [0, 0.05) is 17.5 Å². The van der Waals surface area contributed by atoms with Crippen LogP contribution < -0.4 is 10.6 Å². The Balaban J connectivity index is 1.73. The molecule has 3 rings (SSSR count). The molecule has 1 saturated carbocycles. The van der Waals surface area contributed by atoms with Crippen molar-refractivity contribution in [1.82, 2.24) is 15.0 Å². The van der Waals surface area contributed by atoms with Crippen LogP contribution in [0.25, 0.3) is 0 Å². The number of aryl methyl sites for hydroxylation is 1. The highest BCUT2D eigenvalue weighted by Crippen LogP contribution is 2.24. The van der Waals surface area contributed by atoms with Gasteiger partial charge in [-0.15, -0.1) is 0 Å². The molecule has 0 amide bonds. The molecular formula is C18H25N5O. The average Bonchev–Trinajstić information content (AvgIpc) is 2.60. The molecule has 1 aliphatic rings. The minimum Gasteiger partial charge on any atom is -0.391 e. The number of aromatic nitrogens is 3. The Kier molecular flexibility index (Phi) is 5.25. The molecule has 0 radical (unpaired) electrons. The molecule has 2 atom stereocenters. The largest absolute Gasteiger partial charge is 0.391 e. The van der Waals surface area contributed by atoms with Gasteiger partial charge in [-0.2, -0.15) is 4.98 Å². The summed E-state index contributed by atoms with van der Waals surface area (Å²) in [4.78, 5) is 13.4. The Morgan fingerprint density at radius 1 is 1.17 bits per heavy atom. The van der Waals surface area contributed by atoms with Gasteiger partial charge in [-0.05, 0) is 38.8 Å². The van der Waals surface area contributed by atoms with Crippen molar-refractivity contribution in [3.63, 3.8) is 0 Å². The van der Waals surface area contributed by atoms with Crippen LogP contribution in [0.2, 0.25) is 0 Å². The number of nitrogens with one attached hydrogen (secondary N) is 2. The summed E-state index contributed by atoms with van der Waals surface area (Å²) in [5.74, 6) is 1.38. The van der Waals surface area contributed by atoms with Gasteiger partial charge in [-0.1, -0.05) is 18.9 Å². The molecule has 24 heavy (non-hydrogen) atoms. The number of nitrogens with zero attached hydrogens (tertiary/aromatic N) is 3. The van der Waals surface area contributed by atoms with Crippen LogP contribution in [-0.2, 0) is 6.54 Å². The normalized spacial score (nSPS) is 20.6. The highest BCUT2D eigenvalue weighted by atomic mass is 16.3. The Hall–Kier alpha value is -2.21. The number of pyridine rings is 1. The smallest absolute Gasteiger partial charge is 0.225 e. The predicted octanol–water partition coefficient (Wildman–Crippen LogP) is 2.82. The molecule has 6 heteroatoms. The quantitative estimate of drug-likeness (QED) is 0.783. The monoisotopic (exact) mass is 327 g/mol. The second kappa shape index (κ2) is 7.57. The summed E-state index contributed by atoms with van der Waals surface area (Å²) in [5.41, 5.74) is 2.90. The third-order valence-electron chi connectivity index (χ3n) is 4.59. The van der Waals surface area contributed by atoms with E-state index in [2.05, 4.69) is 25.6 Å². The summed E-state index contributed by atoms with van der Waals surface area (Å²) in [6, 6.07) is 5.89. The molecule has 0 aromatic carbocycles. The second-order valence-corrected chi connectivity index (χ2v) is 6.38. The third-order valence-corrected chi connectivity index (χ3v) is 4.59. The van der Waals surface area contributed by atoms with Crippen molar-refractivity contribution in [2.24, 2.45) is 0 Å². The second-order valence-electron chi connectivity index (χ2n) is 6.38. The molecule has 6 nitrogen and oxygen atoms in total. The van der Waals surface area contributed by atoms with E-state index in [4.69, 9.17) is 0 Å². The molecule has 2 heterocycles. The Morgan fingerprint density at radius 3 is 2.75 bits per heavy atom. The van der Waals surface area contributed by atoms with Crippen molar-refractivity contribution >= 4 is 11.8 Å². The lowest BCUT2D eigenvalue weighted by Gasteiger charge is -2.29. The van der Waals surface area contributed by atoms with Gasteiger partial charge in [0.25, 0.3) is 0 Å². The first-order valence-corrected chi connectivity index (χ1v) is 8.57. The zero-order valence-electron chi connectivity index (χ0n) is 14.3. The van der Waals surface area contributed by atoms with Crippen LogP contribution in [0.1, 0.15) is 42.6 Å². The van der Waals surface area contributed by atoms with Gasteiger partial charge in [0.15, 0.2) is 0 Å². The van der Waals surface area contributed by atoms with E-state index >= 15 is 0 Å².